The van der Waals surface area contributed by atoms with Crippen LogP contribution in [0.25, 0.3) is 22.4 Å². The molecule has 0 amide bonds. The number of fused-ring (bicyclic) bond motifs is 1. The van der Waals surface area contributed by atoms with Crippen molar-refractivity contribution in [2.24, 2.45) is 0 Å². The number of aromatic nitrogens is 2. The van der Waals surface area contributed by atoms with E-state index < -0.39 is 0 Å². The number of para-hydroxylation sites is 4. The van der Waals surface area contributed by atoms with E-state index in [4.69, 9.17) is 4.98 Å². The zero-order valence-corrected chi connectivity index (χ0v) is 15.3. The van der Waals surface area contributed by atoms with Crippen LogP contribution < -0.4 is 4.90 Å². The van der Waals surface area contributed by atoms with Gasteiger partial charge in [0, 0.05) is 22.6 Å². The first kappa shape index (κ1) is 16.3. The van der Waals surface area contributed by atoms with Crippen molar-refractivity contribution in [2.75, 3.05) is 4.90 Å². The van der Waals surface area contributed by atoms with Gasteiger partial charge in [-0.15, -0.1) is 0 Å². The molecule has 0 saturated heterocycles. The van der Waals surface area contributed by atoms with Gasteiger partial charge in [-0.2, -0.15) is 0 Å². The van der Waals surface area contributed by atoms with E-state index in [9.17, 15) is 0 Å². The van der Waals surface area contributed by atoms with E-state index in [2.05, 4.69) is 82.7 Å². The molecule has 1 heterocycles. The number of rotatable bonds is 4. The molecule has 3 heteroatoms. The van der Waals surface area contributed by atoms with E-state index in [0.29, 0.717) is 0 Å². The van der Waals surface area contributed by atoms with Crippen LogP contribution >= 0.6 is 0 Å². The van der Waals surface area contributed by atoms with Gasteiger partial charge < -0.3 is 9.88 Å². The van der Waals surface area contributed by atoms with Crippen LogP contribution in [-0.2, 0) is 0 Å². The normalized spacial score (nSPS) is 10.9. The number of imidazole rings is 1. The second-order valence-electron chi connectivity index (χ2n) is 6.66. The molecule has 1 aromatic heterocycles. The number of H-pyrrole nitrogens is 1. The Morgan fingerprint density at radius 3 is 1.68 bits per heavy atom. The van der Waals surface area contributed by atoms with Crippen LogP contribution in [0.4, 0.5) is 17.1 Å². The predicted octanol–water partition coefficient (Wildman–Crippen LogP) is 6.70. The molecule has 0 aliphatic rings. The van der Waals surface area contributed by atoms with Crippen LogP contribution in [0.15, 0.2) is 109 Å². The molecule has 0 saturated carbocycles. The Labute approximate surface area is 163 Å². The van der Waals surface area contributed by atoms with E-state index in [-0.39, 0.29) is 0 Å². The van der Waals surface area contributed by atoms with E-state index in [1.807, 2.05) is 36.4 Å². The van der Waals surface area contributed by atoms with E-state index in [1.165, 1.54) is 0 Å². The van der Waals surface area contributed by atoms with Gasteiger partial charge >= 0.3 is 0 Å². The number of hydrogen-bond acceptors (Lipinski definition) is 2. The number of anilines is 3. The maximum atomic E-state index is 4.70. The summed E-state index contributed by atoms with van der Waals surface area (Å²) in [6, 6.07) is 37.4. The topological polar surface area (TPSA) is 31.9 Å². The minimum absolute atomic E-state index is 0.888. The number of hydrogen-bond donors (Lipinski definition) is 1. The second-order valence-corrected chi connectivity index (χ2v) is 6.66. The van der Waals surface area contributed by atoms with Gasteiger partial charge in [-0.3, -0.25) is 0 Å². The third-order valence-corrected chi connectivity index (χ3v) is 4.82. The lowest BCUT2D eigenvalue weighted by molar-refractivity contribution is 1.28. The zero-order valence-electron chi connectivity index (χ0n) is 15.3. The minimum atomic E-state index is 0.888. The molecule has 4 aromatic carbocycles. The van der Waals surface area contributed by atoms with Crippen molar-refractivity contribution in [2.45, 2.75) is 0 Å². The predicted molar refractivity (Wildman–Crippen MR) is 116 cm³/mol. The lowest BCUT2D eigenvalue weighted by Crippen LogP contribution is -2.09. The van der Waals surface area contributed by atoms with Gasteiger partial charge in [-0.25, -0.2) is 4.98 Å². The highest BCUT2D eigenvalue weighted by Gasteiger charge is 2.12. The molecule has 0 bridgehead atoms. The summed E-state index contributed by atoms with van der Waals surface area (Å²) in [5.41, 5.74) is 6.47. The standard InChI is InChI=1S/C25H19N3/c1-3-9-20(10-4-1)28(21-11-5-2-6-12-21)22-17-15-19(16-18-22)25-26-23-13-7-8-14-24(23)27-25/h1-18H,(H,26,27). The summed E-state index contributed by atoms with van der Waals surface area (Å²) in [4.78, 5) is 10.4. The van der Waals surface area contributed by atoms with Crippen LogP contribution in [0.2, 0.25) is 0 Å². The van der Waals surface area contributed by atoms with Gasteiger partial charge in [0.2, 0.25) is 0 Å². The van der Waals surface area contributed by atoms with Gasteiger partial charge in [0.1, 0.15) is 5.82 Å². The molecule has 0 aliphatic heterocycles. The summed E-state index contributed by atoms with van der Waals surface area (Å²) in [5, 5.41) is 0. The zero-order chi connectivity index (χ0) is 18.8. The first-order chi connectivity index (χ1) is 13.9. The van der Waals surface area contributed by atoms with Gasteiger partial charge in [0.25, 0.3) is 0 Å². The molecule has 134 valence electrons. The third kappa shape index (κ3) is 3.03. The third-order valence-electron chi connectivity index (χ3n) is 4.82. The lowest BCUT2D eigenvalue weighted by atomic mass is 10.1. The Morgan fingerprint density at radius 2 is 1.07 bits per heavy atom. The highest BCUT2D eigenvalue weighted by molar-refractivity contribution is 5.81. The van der Waals surface area contributed by atoms with Crippen molar-refractivity contribution in [3.63, 3.8) is 0 Å². The van der Waals surface area contributed by atoms with Crippen molar-refractivity contribution in [3.05, 3.63) is 109 Å². The van der Waals surface area contributed by atoms with Gasteiger partial charge in [-0.05, 0) is 60.7 Å². The molecule has 0 radical (unpaired) electrons. The molecule has 5 aromatic rings. The first-order valence-electron chi connectivity index (χ1n) is 9.34. The smallest absolute Gasteiger partial charge is 0.138 e. The van der Waals surface area contributed by atoms with Crippen molar-refractivity contribution in [1.29, 1.82) is 0 Å². The number of nitrogens with zero attached hydrogens (tertiary/aromatic N) is 2. The van der Waals surface area contributed by atoms with Crippen LogP contribution in [0, 0.1) is 0 Å². The molecule has 0 unspecified atom stereocenters. The lowest BCUT2D eigenvalue weighted by Gasteiger charge is -2.25. The molecular formula is C25H19N3. The summed E-state index contributed by atoms with van der Waals surface area (Å²) in [5.74, 6) is 0.888. The van der Waals surface area contributed by atoms with Crippen LogP contribution in [-0.4, -0.2) is 9.97 Å². The number of aromatic amines is 1. The SMILES string of the molecule is c1ccc(N(c2ccccc2)c2ccc(-c3nc4ccccc4[nH]3)cc2)cc1. The summed E-state index contributed by atoms with van der Waals surface area (Å²) in [6.45, 7) is 0. The fraction of sp³-hybridized carbons (Fsp3) is 0. The summed E-state index contributed by atoms with van der Waals surface area (Å²) >= 11 is 0. The van der Waals surface area contributed by atoms with Crippen molar-refractivity contribution >= 4 is 28.1 Å². The van der Waals surface area contributed by atoms with Crippen molar-refractivity contribution < 1.29 is 0 Å². The first-order valence-corrected chi connectivity index (χ1v) is 9.34. The number of benzene rings is 4. The summed E-state index contributed by atoms with van der Waals surface area (Å²) in [6.07, 6.45) is 0. The van der Waals surface area contributed by atoms with Crippen molar-refractivity contribution in [1.82, 2.24) is 9.97 Å². The van der Waals surface area contributed by atoms with Crippen LogP contribution in [0.3, 0.4) is 0 Å². The number of nitrogens with one attached hydrogen (secondary N) is 1. The quantitative estimate of drug-likeness (QED) is 0.386. The Morgan fingerprint density at radius 1 is 0.536 bits per heavy atom. The van der Waals surface area contributed by atoms with Gasteiger partial charge in [-0.1, -0.05) is 48.5 Å². The maximum absolute atomic E-state index is 4.70. The molecule has 3 nitrogen and oxygen atoms in total. The summed E-state index contributed by atoms with van der Waals surface area (Å²) in [7, 11) is 0. The molecule has 5 rings (SSSR count). The molecule has 0 aliphatic carbocycles. The molecule has 0 fully saturated rings. The molecular weight excluding hydrogens is 342 g/mol. The molecule has 0 atom stereocenters. The Balaban J connectivity index is 1.55. The highest BCUT2D eigenvalue weighted by atomic mass is 15.1. The molecule has 0 spiro atoms. The Kier molecular flexibility index (Phi) is 4.11. The monoisotopic (exact) mass is 361 g/mol. The van der Waals surface area contributed by atoms with Crippen molar-refractivity contribution in [3.8, 4) is 11.4 Å². The largest absolute Gasteiger partial charge is 0.338 e. The second kappa shape index (κ2) is 7.05. The van der Waals surface area contributed by atoms with E-state index in [1.54, 1.807) is 0 Å². The summed E-state index contributed by atoms with van der Waals surface area (Å²) < 4.78 is 0. The van der Waals surface area contributed by atoms with Gasteiger partial charge in [0.15, 0.2) is 0 Å². The molecule has 28 heavy (non-hydrogen) atoms. The minimum Gasteiger partial charge on any atom is -0.338 e. The van der Waals surface area contributed by atoms with Crippen LogP contribution in [0.1, 0.15) is 0 Å². The fourth-order valence-electron chi connectivity index (χ4n) is 3.46. The highest BCUT2D eigenvalue weighted by Crippen LogP contribution is 2.35. The van der Waals surface area contributed by atoms with Crippen LogP contribution in [0.5, 0.6) is 0 Å². The average molecular weight is 361 g/mol. The van der Waals surface area contributed by atoms with E-state index in [0.717, 1.165) is 39.5 Å². The van der Waals surface area contributed by atoms with Gasteiger partial charge in [0.05, 0.1) is 11.0 Å². The fourth-order valence-corrected chi connectivity index (χ4v) is 3.46. The Hall–Kier alpha value is -3.85. The maximum Gasteiger partial charge on any atom is 0.138 e. The Bertz CT molecular complexity index is 1120. The molecule has 1 N–H and O–H groups in total. The average Bonchev–Trinajstić information content (AvgIpc) is 3.20. The van der Waals surface area contributed by atoms with E-state index >= 15 is 0 Å².